The minimum atomic E-state index is -3.32. The summed E-state index contributed by atoms with van der Waals surface area (Å²) in [5.41, 5.74) is 1.78. The van der Waals surface area contributed by atoms with E-state index in [4.69, 9.17) is 0 Å². The number of nitrogens with zero attached hydrogens (tertiary/aromatic N) is 1. The lowest BCUT2D eigenvalue weighted by Gasteiger charge is -2.05. The third kappa shape index (κ3) is 4.54. The number of nitrogens with one attached hydrogen (secondary N) is 2. The maximum atomic E-state index is 12.1. The Morgan fingerprint density at radius 3 is 2.36 bits per heavy atom. The van der Waals surface area contributed by atoms with Gasteiger partial charge in [-0.2, -0.15) is 0 Å². The molecule has 0 aliphatic heterocycles. The Morgan fingerprint density at radius 1 is 1.23 bits per heavy atom. The molecule has 0 radical (unpaired) electrons. The molecule has 2 rings (SSSR count). The summed E-state index contributed by atoms with van der Waals surface area (Å²) in [6.45, 7) is 4.07. The number of hydrogen-bond donors (Lipinski definition) is 2. The quantitative estimate of drug-likeness (QED) is 0.877. The van der Waals surface area contributed by atoms with Crippen molar-refractivity contribution in [3.05, 3.63) is 40.9 Å². The summed E-state index contributed by atoms with van der Waals surface area (Å²) < 4.78 is 24.6. The van der Waals surface area contributed by atoms with Gasteiger partial charge in [-0.05, 0) is 30.2 Å². The lowest BCUT2D eigenvalue weighted by molar-refractivity contribution is 0.102. The Kier molecular flexibility index (Phi) is 4.82. The Hall–Kier alpha value is -1.93. The summed E-state index contributed by atoms with van der Waals surface area (Å²) in [5, 5.41) is 5.20. The van der Waals surface area contributed by atoms with Crippen molar-refractivity contribution in [1.29, 1.82) is 0 Å². The molecule has 0 atom stereocenters. The number of carbonyl (C=O) groups excluding carboxylic acids is 1. The molecule has 0 fully saturated rings. The van der Waals surface area contributed by atoms with Crippen LogP contribution in [-0.2, 0) is 10.0 Å². The molecule has 2 aromatic rings. The molecular weight excluding hydrogens is 322 g/mol. The molecule has 6 nitrogen and oxygen atoms in total. The van der Waals surface area contributed by atoms with Crippen LogP contribution in [-0.4, -0.2) is 25.6 Å². The van der Waals surface area contributed by atoms with E-state index in [9.17, 15) is 13.2 Å². The van der Waals surface area contributed by atoms with E-state index in [1.165, 1.54) is 23.5 Å². The van der Waals surface area contributed by atoms with Crippen LogP contribution < -0.4 is 10.0 Å². The molecule has 0 spiro atoms. The van der Waals surface area contributed by atoms with E-state index in [1.54, 1.807) is 12.1 Å². The van der Waals surface area contributed by atoms with Gasteiger partial charge in [-0.3, -0.25) is 14.8 Å². The fourth-order valence-electron chi connectivity index (χ4n) is 1.68. The van der Waals surface area contributed by atoms with E-state index >= 15 is 0 Å². The zero-order valence-electron chi connectivity index (χ0n) is 12.5. The Labute approximate surface area is 133 Å². The van der Waals surface area contributed by atoms with E-state index in [0.717, 1.165) is 11.9 Å². The molecule has 2 N–H and O–H groups in total. The molecule has 118 valence electrons. The van der Waals surface area contributed by atoms with Crippen LogP contribution in [0.25, 0.3) is 0 Å². The summed E-state index contributed by atoms with van der Waals surface area (Å²) >= 11 is 1.38. The van der Waals surface area contributed by atoms with Crippen LogP contribution in [0.1, 0.15) is 35.8 Å². The normalized spacial score (nSPS) is 11.5. The molecule has 1 aromatic heterocycles. The summed E-state index contributed by atoms with van der Waals surface area (Å²) in [5.74, 6) is 0.0267. The van der Waals surface area contributed by atoms with Gasteiger partial charge in [0, 0.05) is 16.6 Å². The van der Waals surface area contributed by atoms with Gasteiger partial charge < -0.3 is 0 Å². The molecule has 0 saturated heterocycles. The molecule has 0 saturated carbocycles. The third-order valence-corrected chi connectivity index (χ3v) is 4.17. The van der Waals surface area contributed by atoms with Crippen molar-refractivity contribution in [3.8, 4) is 0 Å². The largest absolute Gasteiger partial charge is 0.298 e. The minimum Gasteiger partial charge on any atom is -0.298 e. The summed E-state index contributed by atoms with van der Waals surface area (Å²) in [6.07, 6.45) is 1.07. The fourth-order valence-corrected chi connectivity index (χ4v) is 3.11. The van der Waals surface area contributed by atoms with Crippen molar-refractivity contribution in [1.82, 2.24) is 4.98 Å². The van der Waals surface area contributed by atoms with Gasteiger partial charge in [-0.15, -0.1) is 11.3 Å². The Bertz CT molecular complexity index is 765. The van der Waals surface area contributed by atoms with Crippen molar-refractivity contribution in [2.75, 3.05) is 16.3 Å². The fraction of sp³-hybridized carbons (Fsp3) is 0.286. The lowest BCUT2D eigenvalue weighted by Crippen LogP contribution is -2.13. The number of hydrogen-bond acceptors (Lipinski definition) is 5. The average molecular weight is 339 g/mol. The monoisotopic (exact) mass is 339 g/mol. The van der Waals surface area contributed by atoms with E-state index in [0.29, 0.717) is 22.3 Å². The van der Waals surface area contributed by atoms with Crippen LogP contribution in [0.2, 0.25) is 0 Å². The molecule has 22 heavy (non-hydrogen) atoms. The van der Waals surface area contributed by atoms with E-state index in [1.807, 2.05) is 19.2 Å². The van der Waals surface area contributed by atoms with Crippen molar-refractivity contribution in [2.24, 2.45) is 0 Å². The second-order valence-corrected chi connectivity index (χ2v) is 7.74. The zero-order valence-corrected chi connectivity index (χ0v) is 14.1. The maximum Gasteiger partial charge on any atom is 0.257 e. The number of aromatic nitrogens is 1. The predicted octanol–water partition coefficient (Wildman–Crippen LogP) is 2.89. The number of carbonyl (C=O) groups is 1. The van der Waals surface area contributed by atoms with Gasteiger partial charge in [0.25, 0.3) is 5.91 Å². The first-order chi connectivity index (χ1) is 10.2. The van der Waals surface area contributed by atoms with Gasteiger partial charge in [0.05, 0.1) is 11.9 Å². The number of sulfonamides is 1. The smallest absolute Gasteiger partial charge is 0.257 e. The molecule has 8 heteroatoms. The number of rotatable bonds is 5. The van der Waals surface area contributed by atoms with Gasteiger partial charge in [0.1, 0.15) is 0 Å². The molecule has 0 aliphatic rings. The van der Waals surface area contributed by atoms with Crippen LogP contribution in [0.4, 0.5) is 10.8 Å². The average Bonchev–Trinajstić information content (AvgIpc) is 2.86. The molecule has 0 aliphatic carbocycles. The first-order valence-electron chi connectivity index (χ1n) is 6.59. The van der Waals surface area contributed by atoms with E-state index in [2.05, 4.69) is 15.0 Å². The first-order valence-corrected chi connectivity index (χ1v) is 9.36. The highest BCUT2D eigenvalue weighted by atomic mass is 32.2. The zero-order chi connectivity index (χ0) is 16.3. The molecule has 1 amide bonds. The van der Waals surface area contributed by atoms with Gasteiger partial charge in [-0.1, -0.05) is 13.8 Å². The molecular formula is C14H17N3O3S2. The van der Waals surface area contributed by atoms with Gasteiger partial charge >= 0.3 is 0 Å². The number of thiazole rings is 1. The summed E-state index contributed by atoms with van der Waals surface area (Å²) in [6, 6.07) is 6.19. The highest BCUT2D eigenvalue weighted by Crippen LogP contribution is 2.22. The minimum absolute atomic E-state index is 0.282. The molecule has 1 heterocycles. The number of amides is 1. The van der Waals surface area contributed by atoms with Crippen LogP contribution in [0, 0.1) is 0 Å². The topological polar surface area (TPSA) is 88.2 Å². The van der Waals surface area contributed by atoms with Gasteiger partial charge in [0.2, 0.25) is 10.0 Å². The Balaban J connectivity index is 2.06. The predicted molar refractivity (Wildman–Crippen MR) is 89.1 cm³/mol. The van der Waals surface area contributed by atoms with E-state index in [-0.39, 0.29) is 5.91 Å². The highest BCUT2D eigenvalue weighted by molar-refractivity contribution is 7.92. The number of benzene rings is 1. The summed E-state index contributed by atoms with van der Waals surface area (Å²) in [4.78, 5) is 16.4. The first kappa shape index (κ1) is 16.4. The highest BCUT2D eigenvalue weighted by Gasteiger charge is 2.11. The SMILES string of the molecule is CC(C)c1csc(NC(=O)c2ccc(NS(C)(=O)=O)cc2)n1. The van der Waals surface area contributed by atoms with Gasteiger partial charge in [0.15, 0.2) is 5.13 Å². The maximum absolute atomic E-state index is 12.1. The van der Waals surface area contributed by atoms with Crippen molar-refractivity contribution < 1.29 is 13.2 Å². The second-order valence-electron chi connectivity index (χ2n) is 5.14. The van der Waals surface area contributed by atoms with Crippen molar-refractivity contribution in [2.45, 2.75) is 19.8 Å². The van der Waals surface area contributed by atoms with Crippen LogP contribution in [0.15, 0.2) is 29.6 Å². The van der Waals surface area contributed by atoms with Crippen LogP contribution in [0.3, 0.4) is 0 Å². The van der Waals surface area contributed by atoms with Gasteiger partial charge in [-0.25, -0.2) is 13.4 Å². The van der Waals surface area contributed by atoms with E-state index < -0.39 is 10.0 Å². The van der Waals surface area contributed by atoms with Crippen molar-refractivity contribution >= 4 is 38.1 Å². The van der Waals surface area contributed by atoms with Crippen molar-refractivity contribution in [3.63, 3.8) is 0 Å². The number of anilines is 2. The molecule has 0 bridgehead atoms. The molecule has 0 unspecified atom stereocenters. The Morgan fingerprint density at radius 2 is 1.86 bits per heavy atom. The third-order valence-electron chi connectivity index (χ3n) is 2.78. The second kappa shape index (κ2) is 6.45. The molecule has 1 aromatic carbocycles. The standard InChI is InChI=1S/C14H17N3O3S2/c1-9(2)12-8-21-14(15-12)16-13(18)10-4-6-11(7-5-10)17-22(3,19)20/h4-9,17H,1-3H3,(H,15,16,18). The summed E-state index contributed by atoms with van der Waals surface area (Å²) in [7, 11) is -3.32. The van der Waals surface area contributed by atoms with Crippen LogP contribution >= 0.6 is 11.3 Å². The lowest BCUT2D eigenvalue weighted by atomic mass is 10.2. The van der Waals surface area contributed by atoms with Crippen LogP contribution in [0.5, 0.6) is 0 Å².